The minimum Gasteiger partial charge on any atom is -0.357 e. The van der Waals surface area contributed by atoms with Crippen LogP contribution in [-0.2, 0) is 4.79 Å². The lowest BCUT2D eigenvalue weighted by molar-refractivity contribution is -0.128. The van der Waals surface area contributed by atoms with Crippen LogP contribution in [0, 0.1) is 5.92 Å². The van der Waals surface area contributed by atoms with E-state index < -0.39 is 0 Å². The Morgan fingerprint density at radius 3 is 2.32 bits per heavy atom. The number of nitrogens with zero attached hydrogens (tertiary/aromatic N) is 2. The van der Waals surface area contributed by atoms with Crippen molar-refractivity contribution in [2.45, 2.75) is 59.4 Å². The van der Waals surface area contributed by atoms with Gasteiger partial charge >= 0.3 is 0 Å². The molecule has 2 N–H and O–H groups in total. The lowest BCUT2D eigenvalue weighted by Crippen LogP contribution is -2.42. The molecule has 1 atom stereocenters. The molecule has 22 heavy (non-hydrogen) atoms. The van der Waals surface area contributed by atoms with Gasteiger partial charge in [-0.2, -0.15) is 0 Å². The van der Waals surface area contributed by atoms with Crippen molar-refractivity contribution in [1.29, 1.82) is 0 Å². The van der Waals surface area contributed by atoms with Gasteiger partial charge in [0.25, 0.3) is 0 Å². The Labute approximate surface area is 153 Å². The molecule has 0 rings (SSSR count). The van der Waals surface area contributed by atoms with Crippen molar-refractivity contribution < 1.29 is 4.79 Å². The van der Waals surface area contributed by atoms with Crippen molar-refractivity contribution in [3.8, 4) is 0 Å². The Morgan fingerprint density at radius 1 is 1.18 bits per heavy atom. The largest absolute Gasteiger partial charge is 0.357 e. The Balaban J connectivity index is 0. The molecule has 0 aliphatic heterocycles. The lowest BCUT2D eigenvalue weighted by atomic mass is 10.0. The summed E-state index contributed by atoms with van der Waals surface area (Å²) < 4.78 is 0. The van der Waals surface area contributed by atoms with E-state index in [1.807, 2.05) is 6.92 Å². The van der Waals surface area contributed by atoms with Gasteiger partial charge in [0.1, 0.15) is 0 Å². The van der Waals surface area contributed by atoms with Gasteiger partial charge in [0.15, 0.2) is 5.96 Å². The minimum absolute atomic E-state index is 0. The van der Waals surface area contributed by atoms with E-state index in [1.165, 1.54) is 12.8 Å². The van der Waals surface area contributed by atoms with Crippen LogP contribution in [0.25, 0.3) is 0 Å². The monoisotopic (exact) mass is 426 g/mol. The molecular formula is C16H35IN4O. The average molecular weight is 426 g/mol. The third-order valence-corrected chi connectivity index (χ3v) is 3.24. The summed E-state index contributed by atoms with van der Waals surface area (Å²) in [6.07, 6.45) is 4.08. The molecule has 1 unspecified atom stereocenters. The Kier molecular flexibility index (Phi) is 15.2. The molecule has 0 aliphatic rings. The van der Waals surface area contributed by atoms with Crippen LogP contribution < -0.4 is 10.6 Å². The molecule has 0 saturated heterocycles. The summed E-state index contributed by atoms with van der Waals surface area (Å²) >= 11 is 0. The number of carbonyl (C=O) groups is 1. The van der Waals surface area contributed by atoms with Crippen LogP contribution in [-0.4, -0.2) is 50.0 Å². The van der Waals surface area contributed by atoms with Crippen LogP contribution in [0.3, 0.4) is 0 Å². The summed E-state index contributed by atoms with van der Waals surface area (Å²) in [5.41, 5.74) is 0. The van der Waals surface area contributed by atoms with Gasteiger partial charge in [-0.3, -0.25) is 9.79 Å². The maximum absolute atomic E-state index is 11.5. The molecule has 0 aromatic carbocycles. The van der Waals surface area contributed by atoms with Gasteiger partial charge in [0, 0.05) is 33.1 Å². The van der Waals surface area contributed by atoms with Gasteiger partial charge < -0.3 is 15.5 Å². The van der Waals surface area contributed by atoms with E-state index in [4.69, 9.17) is 0 Å². The van der Waals surface area contributed by atoms with Crippen molar-refractivity contribution in [3.63, 3.8) is 0 Å². The summed E-state index contributed by atoms with van der Waals surface area (Å²) in [6, 6.07) is 0.395. The normalized spacial score (nSPS) is 12.6. The van der Waals surface area contributed by atoms with Crippen molar-refractivity contribution in [2.24, 2.45) is 10.9 Å². The zero-order valence-electron chi connectivity index (χ0n) is 15.1. The summed E-state index contributed by atoms with van der Waals surface area (Å²) in [5.74, 6) is 1.68. The third kappa shape index (κ3) is 13.2. The molecule has 0 radical (unpaired) electrons. The highest BCUT2D eigenvalue weighted by Crippen LogP contribution is 2.08. The lowest BCUT2D eigenvalue weighted by Gasteiger charge is -2.18. The summed E-state index contributed by atoms with van der Waals surface area (Å²) in [5, 5.41) is 6.64. The van der Waals surface area contributed by atoms with Crippen LogP contribution in [0.4, 0.5) is 0 Å². The molecule has 0 fully saturated rings. The molecule has 0 spiro atoms. The van der Waals surface area contributed by atoms with Crippen LogP contribution in [0.2, 0.25) is 0 Å². The minimum atomic E-state index is 0. The van der Waals surface area contributed by atoms with Crippen molar-refractivity contribution in [1.82, 2.24) is 15.5 Å². The summed E-state index contributed by atoms with van der Waals surface area (Å²) in [4.78, 5) is 17.6. The average Bonchev–Trinajstić information content (AvgIpc) is 2.38. The summed E-state index contributed by atoms with van der Waals surface area (Å²) in [6.45, 7) is 10.1. The second-order valence-corrected chi connectivity index (χ2v) is 6.17. The molecular weight excluding hydrogens is 391 g/mol. The van der Waals surface area contributed by atoms with E-state index in [0.29, 0.717) is 19.0 Å². The van der Waals surface area contributed by atoms with Crippen molar-refractivity contribution in [2.75, 3.05) is 27.2 Å². The van der Waals surface area contributed by atoms with E-state index in [0.717, 1.165) is 24.8 Å². The summed E-state index contributed by atoms with van der Waals surface area (Å²) in [7, 11) is 3.54. The first-order valence-corrected chi connectivity index (χ1v) is 8.11. The number of amides is 1. The number of carbonyl (C=O) groups excluding carboxylic acids is 1. The molecule has 0 heterocycles. The van der Waals surface area contributed by atoms with Gasteiger partial charge in [-0.15, -0.1) is 24.0 Å². The number of aliphatic imine (C=N–C) groups is 1. The Morgan fingerprint density at radius 2 is 1.82 bits per heavy atom. The molecule has 1 amide bonds. The maximum atomic E-state index is 11.5. The first-order chi connectivity index (χ1) is 9.86. The van der Waals surface area contributed by atoms with Gasteiger partial charge in [0.05, 0.1) is 6.54 Å². The number of hydrogen-bond acceptors (Lipinski definition) is 2. The second-order valence-electron chi connectivity index (χ2n) is 6.17. The second kappa shape index (κ2) is 14.1. The zero-order chi connectivity index (χ0) is 16.3. The van der Waals surface area contributed by atoms with Crippen LogP contribution in [0.5, 0.6) is 0 Å². The van der Waals surface area contributed by atoms with Crippen LogP contribution in [0.1, 0.15) is 53.4 Å². The van der Waals surface area contributed by atoms with Gasteiger partial charge in [-0.1, -0.05) is 26.7 Å². The topological polar surface area (TPSA) is 56.7 Å². The molecule has 0 aliphatic carbocycles. The number of rotatable bonds is 9. The first kappa shape index (κ1) is 23.7. The van der Waals surface area contributed by atoms with Crippen molar-refractivity contribution >= 4 is 35.8 Å². The molecule has 5 nitrogen and oxygen atoms in total. The van der Waals surface area contributed by atoms with E-state index in [1.54, 1.807) is 19.0 Å². The van der Waals surface area contributed by atoms with Crippen LogP contribution in [0.15, 0.2) is 4.99 Å². The van der Waals surface area contributed by atoms with E-state index in [9.17, 15) is 4.79 Å². The first-order valence-electron chi connectivity index (χ1n) is 8.11. The Bertz CT molecular complexity index is 319. The highest BCUT2D eigenvalue weighted by atomic mass is 127. The highest BCUT2D eigenvalue weighted by molar-refractivity contribution is 14.0. The fraction of sp³-hybridized carbons (Fsp3) is 0.875. The van der Waals surface area contributed by atoms with E-state index in [2.05, 4.69) is 36.4 Å². The maximum Gasteiger partial charge on any atom is 0.223 e. The number of guanidine groups is 1. The molecule has 132 valence electrons. The fourth-order valence-electron chi connectivity index (χ4n) is 1.94. The zero-order valence-corrected chi connectivity index (χ0v) is 17.4. The predicted molar refractivity (Wildman–Crippen MR) is 106 cm³/mol. The Hall–Kier alpha value is -0.530. The number of hydrogen-bond donors (Lipinski definition) is 2. The highest BCUT2D eigenvalue weighted by Gasteiger charge is 2.07. The number of nitrogens with one attached hydrogen (secondary N) is 2. The van der Waals surface area contributed by atoms with Gasteiger partial charge in [0.2, 0.25) is 5.91 Å². The third-order valence-electron chi connectivity index (χ3n) is 3.24. The van der Waals surface area contributed by atoms with Gasteiger partial charge in [-0.05, 0) is 26.2 Å². The molecule has 0 aromatic heterocycles. The van der Waals surface area contributed by atoms with Crippen LogP contribution >= 0.6 is 24.0 Å². The molecule has 0 bridgehead atoms. The van der Waals surface area contributed by atoms with Crippen molar-refractivity contribution in [3.05, 3.63) is 0 Å². The van der Waals surface area contributed by atoms with E-state index >= 15 is 0 Å². The van der Waals surface area contributed by atoms with E-state index in [-0.39, 0.29) is 29.9 Å². The smallest absolute Gasteiger partial charge is 0.223 e. The molecule has 6 heteroatoms. The SMILES string of the molecule is CCNC(=NCCC(=O)N(C)C)NC(C)CCCC(C)C.I. The fourth-order valence-corrected chi connectivity index (χ4v) is 1.94. The standard InChI is InChI=1S/C16H34N4O.HI/c1-7-17-16(18-12-11-15(21)20(5)6)19-14(4)10-8-9-13(2)3;/h13-14H,7-12H2,1-6H3,(H2,17,18,19);1H. The van der Waals surface area contributed by atoms with Gasteiger partial charge in [-0.25, -0.2) is 0 Å². The molecule has 0 saturated carbocycles. The number of halogens is 1. The predicted octanol–water partition coefficient (Wildman–Crippen LogP) is 2.85. The molecule has 0 aromatic rings. The quantitative estimate of drug-likeness (QED) is 0.339.